The molecule has 8 aromatic carbocycles. The molecule has 11 rings (SSSR count). The molecular formula is C59H34F9N5. The van der Waals surface area contributed by atoms with Crippen LogP contribution in [0.3, 0.4) is 0 Å². The van der Waals surface area contributed by atoms with Gasteiger partial charge in [-0.3, -0.25) is 0 Å². The molecule has 0 fully saturated rings. The van der Waals surface area contributed by atoms with Crippen LogP contribution in [0.4, 0.5) is 39.5 Å². The van der Waals surface area contributed by atoms with E-state index in [-0.39, 0.29) is 57.0 Å². The molecule has 0 saturated heterocycles. The van der Waals surface area contributed by atoms with Gasteiger partial charge >= 0.3 is 18.5 Å². The predicted octanol–water partition coefficient (Wildman–Crippen LogP) is 17.1. The van der Waals surface area contributed by atoms with E-state index in [2.05, 4.69) is 0 Å². The Bertz CT molecular complexity index is 3590. The first-order valence-electron chi connectivity index (χ1n) is 22.7. The van der Waals surface area contributed by atoms with Gasteiger partial charge in [-0.25, -0.2) is 19.9 Å². The van der Waals surface area contributed by atoms with Gasteiger partial charge in [-0.1, -0.05) is 158 Å². The number of aromatic nitrogens is 5. The molecule has 0 atom stereocenters. The Kier molecular flexibility index (Phi) is 11.5. The van der Waals surface area contributed by atoms with Crippen LogP contribution in [0.5, 0.6) is 0 Å². The van der Waals surface area contributed by atoms with Gasteiger partial charge in [0.1, 0.15) is 0 Å². The molecule has 5 nitrogen and oxygen atoms in total. The Morgan fingerprint density at radius 1 is 0.301 bits per heavy atom. The van der Waals surface area contributed by atoms with Crippen molar-refractivity contribution < 1.29 is 39.5 Å². The zero-order chi connectivity index (χ0) is 50.6. The van der Waals surface area contributed by atoms with Crippen LogP contribution < -0.4 is 0 Å². The van der Waals surface area contributed by atoms with Crippen LogP contribution in [0, 0.1) is 0 Å². The molecule has 0 amide bonds. The number of rotatable bonds is 8. The molecule has 0 aliphatic heterocycles. The summed E-state index contributed by atoms with van der Waals surface area (Å²) in [4.78, 5) is 19.8. The summed E-state index contributed by atoms with van der Waals surface area (Å²) in [5.41, 5.74) is -0.830. The maximum Gasteiger partial charge on any atom is 0.417 e. The Balaban J connectivity index is 1.31. The Labute approximate surface area is 410 Å². The second kappa shape index (κ2) is 18.0. The first-order valence-corrected chi connectivity index (χ1v) is 22.7. The highest BCUT2D eigenvalue weighted by Crippen LogP contribution is 2.47. The van der Waals surface area contributed by atoms with Crippen molar-refractivity contribution in [3.8, 4) is 84.6 Å². The van der Waals surface area contributed by atoms with Crippen LogP contribution in [-0.2, 0) is 18.5 Å². The van der Waals surface area contributed by atoms with Gasteiger partial charge in [0.25, 0.3) is 0 Å². The highest BCUT2D eigenvalue weighted by molar-refractivity contribution is 6.11. The van der Waals surface area contributed by atoms with Crippen LogP contribution in [0.25, 0.3) is 106 Å². The molecular weight excluding hydrogens is 950 g/mol. The second-order valence-electron chi connectivity index (χ2n) is 17.1. The lowest BCUT2D eigenvalue weighted by Crippen LogP contribution is -2.12. The number of benzene rings is 8. The summed E-state index contributed by atoms with van der Waals surface area (Å²) in [6.07, 6.45) is -15.2. The van der Waals surface area contributed by atoms with E-state index in [9.17, 15) is 26.3 Å². The molecule has 11 aromatic rings. The van der Waals surface area contributed by atoms with Gasteiger partial charge in [-0.2, -0.15) is 39.5 Å². The molecule has 0 spiro atoms. The van der Waals surface area contributed by atoms with Crippen molar-refractivity contribution in [2.45, 2.75) is 18.5 Å². The second-order valence-corrected chi connectivity index (χ2v) is 17.1. The molecule has 0 unspecified atom stereocenters. The SMILES string of the molecule is FC(F)(F)c1cc(-c2cc(-c3ccccc3)nc(-c3ccccc3)n2)c(-n2c3ccccc3c3ccc(-c4ccc(C(F)(F)F)cc4C(F)(F)F)cc32)c(-c2cc(-c3ccccc3)nc(-c3ccccc3)n2)c1. The minimum Gasteiger partial charge on any atom is -0.308 e. The Hall–Kier alpha value is -8.91. The average Bonchev–Trinajstić information content (AvgIpc) is 3.73. The van der Waals surface area contributed by atoms with E-state index >= 15 is 13.2 Å². The topological polar surface area (TPSA) is 56.5 Å². The summed E-state index contributed by atoms with van der Waals surface area (Å²) in [7, 11) is 0. The van der Waals surface area contributed by atoms with Gasteiger partial charge in [0, 0.05) is 44.2 Å². The smallest absolute Gasteiger partial charge is 0.308 e. The van der Waals surface area contributed by atoms with Crippen molar-refractivity contribution >= 4 is 21.8 Å². The highest BCUT2D eigenvalue weighted by Gasteiger charge is 2.39. The van der Waals surface area contributed by atoms with Crippen molar-refractivity contribution in [2.75, 3.05) is 0 Å². The summed E-state index contributed by atoms with van der Waals surface area (Å²) in [6.45, 7) is 0. The summed E-state index contributed by atoms with van der Waals surface area (Å²) in [5, 5.41) is 1.05. The van der Waals surface area contributed by atoms with E-state index in [1.807, 2.05) is 12.1 Å². The monoisotopic (exact) mass is 983 g/mol. The third-order valence-electron chi connectivity index (χ3n) is 12.5. The highest BCUT2D eigenvalue weighted by atomic mass is 19.4. The lowest BCUT2D eigenvalue weighted by atomic mass is 9.94. The van der Waals surface area contributed by atoms with Gasteiger partial charge in [0.05, 0.1) is 56.2 Å². The fourth-order valence-electron chi connectivity index (χ4n) is 9.13. The normalized spacial score (nSPS) is 12.2. The fourth-order valence-corrected chi connectivity index (χ4v) is 9.13. The van der Waals surface area contributed by atoms with Crippen molar-refractivity contribution in [2.24, 2.45) is 0 Å². The third-order valence-corrected chi connectivity index (χ3v) is 12.5. The molecule has 0 N–H and O–H groups in total. The van der Waals surface area contributed by atoms with Crippen LogP contribution in [0.1, 0.15) is 16.7 Å². The predicted molar refractivity (Wildman–Crippen MR) is 265 cm³/mol. The third kappa shape index (κ3) is 8.96. The lowest BCUT2D eigenvalue weighted by molar-refractivity contribution is -0.143. The standard InChI is InChI=1S/C59H34F9N5/c60-57(61,62)40-26-28-42(47(32-40)59(66,67)68)39-25-27-44-43-23-13-14-24-52(43)73(53(44)29-39)54-45(50-33-48(35-15-5-1-6-16-35)69-55(71-50)37-19-9-3-10-20-37)30-41(58(63,64)65)31-46(54)51-34-49(36-17-7-2-8-18-36)70-56(72-51)38-21-11-4-12-22-38/h1-34H. The number of nitrogens with zero attached hydrogens (tertiary/aromatic N) is 5. The minimum absolute atomic E-state index is 0.0544. The minimum atomic E-state index is -5.22. The first kappa shape index (κ1) is 46.5. The van der Waals surface area contributed by atoms with Gasteiger partial charge in [0.2, 0.25) is 0 Å². The van der Waals surface area contributed by atoms with Crippen LogP contribution in [0.2, 0.25) is 0 Å². The van der Waals surface area contributed by atoms with Crippen molar-refractivity contribution in [1.82, 2.24) is 24.5 Å². The van der Waals surface area contributed by atoms with Gasteiger partial charge in [-0.05, 0) is 59.7 Å². The number of hydrogen-bond acceptors (Lipinski definition) is 4. The van der Waals surface area contributed by atoms with Gasteiger partial charge < -0.3 is 4.57 Å². The summed E-state index contributed by atoms with van der Waals surface area (Å²) < 4.78 is 135. The molecule has 3 aromatic heterocycles. The van der Waals surface area contributed by atoms with Crippen LogP contribution in [0.15, 0.2) is 206 Å². The van der Waals surface area contributed by atoms with Crippen molar-refractivity contribution in [1.29, 1.82) is 0 Å². The average molecular weight is 984 g/mol. The Morgan fingerprint density at radius 2 is 0.740 bits per heavy atom. The maximum absolute atomic E-state index is 15.8. The number of alkyl halides is 9. The first-order chi connectivity index (χ1) is 35.1. The molecule has 0 saturated carbocycles. The molecule has 3 heterocycles. The van der Waals surface area contributed by atoms with Crippen LogP contribution in [-0.4, -0.2) is 24.5 Å². The summed E-state index contributed by atoms with van der Waals surface area (Å²) in [6, 6.07) is 53.8. The van der Waals surface area contributed by atoms with Crippen molar-refractivity contribution in [3.05, 3.63) is 223 Å². The fraction of sp³-hybridized carbons (Fsp3) is 0.0508. The van der Waals surface area contributed by atoms with Crippen molar-refractivity contribution in [3.63, 3.8) is 0 Å². The van der Waals surface area contributed by atoms with E-state index < -0.39 is 40.8 Å². The number of para-hydroxylation sites is 1. The lowest BCUT2D eigenvalue weighted by Gasteiger charge is -2.22. The molecule has 14 heteroatoms. The quantitative estimate of drug-likeness (QED) is 0.142. The summed E-state index contributed by atoms with van der Waals surface area (Å²) >= 11 is 0. The largest absolute Gasteiger partial charge is 0.417 e. The number of hydrogen-bond donors (Lipinski definition) is 0. The van der Waals surface area contributed by atoms with Crippen LogP contribution >= 0.6 is 0 Å². The number of halogens is 9. The molecule has 0 radical (unpaired) electrons. The van der Waals surface area contributed by atoms with Gasteiger partial charge in [0.15, 0.2) is 11.6 Å². The zero-order valence-corrected chi connectivity index (χ0v) is 37.8. The molecule has 0 bridgehead atoms. The molecule has 0 aliphatic rings. The number of fused-ring (bicyclic) bond motifs is 3. The van der Waals surface area contributed by atoms with E-state index in [0.717, 1.165) is 18.2 Å². The molecule has 358 valence electrons. The zero-order valence-electron chi connectivity index (χ0n) is 37.8. The Morgan fingerprint density at radius 3 is 1.22 bits per heavy atom. The van der Waals surface area contributed by atoms with Gasteiger partial charge in [-0.15, -0.1) is 0 Å². The molecule has 0 aliphatic carbocycles. The van der Waals surface area contributed by atoms with E-state index in [1.54, 1.807) is 156 Å². The van der Waals surface area contributed by atoms with E-state index in [4.69, 9.17) is 19.9 Å². The van der Waals surface area contributed by atoms with E-state index in [0.29, 0.717) is 56.0 Å². The molecule has 73 heavy (non-hydrogen) atoms. The maximum atomic E-state index is 15.8. The summed E-state index contributed by atoms with van der Waals surface area (Å²) in [5.74, 6) is 0.376. The van der Waals surface area contributed by atoms with E-state index in [1.165, 1.54) is 12.1 Å².